The zero-order chi connectivity index (χ0) is 21.0. The van der Waals surface area contributed by atoms with E-state index in [9.17, 15) is 0 Å². The number of rotatable bonds is 3. The van der Waals surface area contributed by atoms with Crippen LogP contribution in [-0.4, -0.2) is 31.9 Å². The molecule has 5 rings (SSSR count). The number of imidazole rings is 1. The standard InChI is InChI=1S/C24H25ClN4S/c1-14-6-5-7-18(10-14)22-13-28(17(4)30-22)29-12-15(2)11-21(29)24-26-20-9-8-19(25)16(3)23(20)27-24/h5-10,13,17,21H,2,11-12H2,1,3-4H3,(H,26,27)/t17?,21-/m0/s1. The fourth-order valence-corrected chi connectivity index (χ4v) is 5.59. The summed E-state index contributed by atoms with van der Waals surface area (Å²) in [6, 6.07) is 12.8. The Balaban J connectivity index is 1.50. The number of aryl methyl sites for hydroxylation is 2. The highest BCUT2D eigenvalue weighted by Gasteiger charge is 2.38. The van der Waals surface area contributed by atoms with Gasteiger partial charge in [0.05, 0.1) is 22.4 Å². The SMILES string of the molecule is C=C1C[C@@H](c2nc3c(C)c(Cl)ccc3[nH]2)N(N2C=C(c3cccc(C)c3)SC2C)C1. The second kappa shape index (κ2) is 7.49. The number of benzene rings is 2. The molecule has 0 aliphatic carbocycles. The summed E-state index contributed by atoms with van der Waals surface area (Å²) in [5.41, 5.74) is 6.79. The van der Waals surface area contributed by atoms with Crippen LogP contribution >= 0.6 is 23.4 Å². The smallest absolute Gasteiger partial charge is 0.126 e. The van der Waals surface area contributed by atoms with Crippen molar-refractivity contribution < 1.29 is 0 Å². The number of aromatic nitrogens is 2. The molecular formula is C24H25ClN4S. The molecule has 3 aromatic rings. The van der Waals surface area contributed by atoms with Gasteiger partial charge in [0.25, 0.3) is 0 Å². The summed E-state index contributed by atoms with van der Waals surface area (Å²) in [6.45, 7) is 11.5. The molecule has 0 spiro atoms. The van der Waals surface area contributed by atoms with Gasteiger partial charge in [-0.1, -0.05) is 65.3 Å². The number of nitrogens with zero attached hydrogens (tertiary/aromatic N) is 3. The summed E-state index contributed by atoms with van der Waals surface area (Å²) in [7, 11) is 0. The van der Waals surface area contributed by atoms with Crippen LogP contribution in [0.25, 0.3) is 15.9 Å². The highest BCUT2D eigenvalue weighted by Crippen LogP contribution is 2.45. The maximum Gasteiger partial charge on any atom is 0.126 e. The summed E-state index contributed by atoms with van der Waals surface area (Å²) in [6.07, 6.45) is 3.18. The molecular weight excluding hydrogens is 412 g/mol. The molecule has 0 bridgehead atoms. The average Bonchev–Trinajstić information content (AvgIpc) is 3.41. The molecule has 1 N–H and O–H groups in total. The van der Waals surface area contributed by atoms with Crippen LogP contribution in [0.3, 0.4) is 0 Å². The topological polar surface area (TPSA) is 35.2 Å². The normalized spacial score (nSPS) is 22.3. The zero-order valence-corrected chi connectivity index (χ0v) is 19.0. The van der Waals surface area contributed by atoms with Crippen molar-refractivity contribution in [2.75, 3.05) is 6.54 Å². The summed E-state index contributed by atoms with van der Waals surface area (Å²) in [5.74, 6) is 0.976. The van der Waals surface area contributed by atoms with Crippen LogP contribution in [-0.2, 0) is 0 Å². The molecule has 4 nitrogen and oxygen atoms in total. The van der Waals surface area contributed by atoms with Gasteiger partial charge in [-0.15, -0.1) is 0 Å². The number of aromatic amines is 1. The fourth-order valence-electron chi connectivity index (χ4n) is 4.34. The highest BCUT2D eigenvalue weighted by atomic mass is 35.5. The minimum atomic E-state index is 0.138. The second-order valence-corrected chi connectivity index (χ2v) is 9.98. The molecule has 2 atom stereocenters. The number of nitrogens with one attached hydrogen (secondary N) is 1. The van der Waals surface area contributed by atoms with Crippen LogP contribution in [0.1, 0.15) is 41.9 Å². The summed E-state index contributed by atoms with van der Waals surface area (Å²) in [4.78, 5) is 9.79. The average molecular weight is 437 g/mol. The molecule has 0 radical (unpaired) electrons. The van der Waals surface area contributed by atoms with Crippen molar-refractivity contribution in [2.45, 2.75) is 38.6 Å². The van der Waals surface area contributed by atoms with Gasteiger partial charge in [0.15, 0.2) is 0 Å². The van der Waals surface area contributed by atoms with E-state index < -0.39 is 0 Å². The quantitative estimate of drug-likeness (QED) is 0.479. The molecule has 2 aliphatic rings. The number of hydrogen-bond acceptors (Lipinski definition) is 4. The van der Waals surface area contributed by atoms with E-state index in [2.05, 4.69) is 65.9 Å². The lowest BCUT2D eigenvalue weighted by Crippen LogP contribution is -2.41. The Labute approximate surface area is 186 Å². The molecule has 0 saturated carbocycles. The first-order chi connectivity index (χ1) is 14.4. The lowest BCUT2D eigenvalue weighted by atomic mass is 10.1. The van der Waals surface area contributed by atoms with Crippen LogP contribution in [0.2, 0.25) is 5.02 Å². The van der Waals surface area contributed by atoms with E-state index in [1.807, 2.05) is 30.8 Å². The molecule has 2 aromatic carbocycles. The number of hydrazine groups is 1. The van der Waals surface area contributed by atoms with Gasteiger partial charge in [0.2, 0.25) is 0 Å². The first kappa shape index (κ1) is 19.7. The zero-order valence-electron chi connectivity index (χ0n) is 17.4. The predicted octanol–water partition coefficient (Wildman–Crippen LogP) is 6.44. The van der Waals surface area contributed by atoms with Gasteiger partial charge in [-0.05, 0) is 50.5 Å². The van der Waals surface area contributed by atoms with Crippen LogP contribution in [0.15, 0.2) is 54.8 Å². The van der Waals surface area contributed by atoms with Crippen molar-refractivity contribution in [3.8, 4) is 0 Å². The molecule has 154 valence electrons. The van der Waals surface area contributed by atoms with E-state index in [-0.39, 0.29) is 6.04 Å². The minimum Gasteiger partial charge on any atom is -0.341 e. The van der Waals surface area contributed by atoms with Gasteiger partial charge in [0.1, 0.15) is 5.82 Å². The second-order valence-electron chi connectivity index (χ2n) is 8.22. The number of fused-ring (bicyclic) bond motifs is 1. The Morgan fingerprint density at radius 1 is 1.23 bits per heavy atom. The van der Waals surface area contributed by atoms with E-state index >= 15 is 0 Å². The van der Waals surface area contributed by atoms with Crippen molar-refractivity contribution in [1.82, 2.24) is 20.0 Å². The van der Waals surface area contributed by atoms with Crippen LogP contribution in [0, 0.1) is 13.8 Å². The summed E-state index contributed by atoms with van der Waals surface area (Å²) in [5, 5.41) is 5.83. The van der Waals surface area contributed by atoms with Gasteiger partial charge in [-0.2, -0.15) is 0 Å². The summed E-state index contributed by atoms with van der Waals surface area (Å²) < 4.78 is 0. The number of hydrogen-bond donors (Lipinski definition) is 1. The Morgan fingerprint density at radius 2 is 2.07 bits per heavy atom. The monoisotopic (exact) mass is 436 g/mol. The predicted molar refractivity (Wildman–Crippen MR) is 127 cm³/mol. The van der Waals surface area contributed by atoms with E-state index in [0.29, 0.717) is 5.37 Å². The van der Waals surface area contributed by atoms with Crippen molar-refractivity contribution in [3.63, 3.8) is 0 Å². The third-order valence-corrected chi connectivity index (χ3v) is 7.48. The molecule has 2 aliphatic heterocycles. The van der Waals surface area contributed by atoms with Crippen LogP contribution in [0.4, 0.5) is 0 Å². The highest BCUT2D eigenvalue weighted by molar-refractivity contribution is 8.09. The van der Waals surface area contributed by atoms with Crippen LogP contribution < -0.4 is 0 Å². The maximum atomic E-state index is 6.32. The lowest BCUT2D eigenvalue weighted by Gasteiger charge is -2.35. The van der Waals surface area contributed by atoms with Crippen LogP contribution in [0.5, 0.6) is 0 Å². The van der Waals surface area contributed by atoms with Crippen molar-refractivity contribution >= 4 is 39.3 Å². The largest absolute Gasteiger partial charge is 0.341 e. The van der Waals surface area contributed by atoms with Gasteiger partial charge in [0, 0.05) is 22.7 Å². The van der Waals surface area contributed by atoms with E-state index in [1.54, 1.807) is 0 Å². The third kappa shape index (κ3) is 3.35. The minimum absolute atomic E-state index is 0.138. The fraction of sp³-hybridized carbons (Fsp3) is 0.292. The first-order valence-corrected chi connectivity index (χ1v) is 11.5. The Hall–Kier alpha value is -2.21. The number of H-pyrrole nitrogens is 1. The molecule has 6 heteroatoms. The third-order valence-electron chi connectivity index (χ3n) is 5.92. The van der Waals surface area contributed by atoms with Crippen molar-refractivity contribution in [1.29, 1.82) is 0 Å². The molecule has 3 heterocycles. The molecule has 30 heavy (non-hydrogen) atoms. The molecule has 1 saturated heterocycles. The first-order valence-electron chi connectivity index (χ1n) is 10.2. The number of thioether (sulfide) groups is 1. The Bertz CT molecular complexity index is 1180. The molecule has 1 fully saturated rings. The van der Waals surface area contributed by atoms with E-state index in [0.717, 1.165) is 40.4 Å². The van der Waals surface area contributed by atoms with Gasteiger partial charge < -0.3 is 4.98 Å². The molecule has 0 amide bonds. The van der Waals surface area contributed by atoms with Gasteiger partial charge in [-0.25, -0.2) is 9.99 Å². The lowest BCUT2D eigenvalue weighted by molar-refractivity contribution is 0.00422. The van der Waals surface area contributed by atoms with Gasteiger partial charge >= 0.3 is 0 Å². The molecule has 1 aromatic heterocycles. The summed E-state index contributed by atoms with van der Waals surface area (Å²) >= 11 is 8.22. The van der Waals surface area contributed by atoms with Crippen molar-refractivity contribution in [3.05, 3.63) is 82.3 Å². The Morgan fingerprint density at radius 3 is 2.87 bits per heavy atom. The molecule has 1 unspecified atom stereocenters. The Kier molecular flexibility index (Phi) is 4.92. The van der Waals surface area contributed by atoms with Gasteiger partial charge in [-0.3, -0.25) is 5.01 Å². The van der Waals surface area contributed by atoms with Crippen molar-refractivity contribution in [2.24, 2.45) is 0 Å². The number of halogens is 1. The van der Waals surface area contributed by atoms with E-state index in [1.165, 1.54) is 21.6 Å². The van der Waals surface area contributed by atoms with E-state index in [4.69, 9.17) is 16.6 Å². The maximum absolute atomic E-state index is 6.32.